The lowest BCUT2D eigenvalue weighted by Gasteiger charge is -2.11. The Hall–Kier alpha value is -3.26. The highest BCUT2D eigenvalue weighted by Crippen LogP contribution is 2.29. The maximum absolute atomic E-state index is 12.5. The van der Waals surface area contributed by atoms with E-state index in [1.54, 1.807) is 6.07 Å². The van der Waals surface area contributed by atoms with Gasteiger partial charge in [-0.2, -0.15) is 13.5 Å². The van der Waals surface area contributed by atoms with Crippen LogP contribution in [0.4, 0.5) is 0 Å². The van der Waals surface area contributed by atoms with Gasteiger partial charge in [0.25, 0.3) is 10.0 Å². The Morgan fingerprint density at radius 2 is 1.67 bits per heavy atom. The number of phenols is 1. The number of hydrazone groups is 1. The number of hydrogen-bond donors (Lipinski definition) is 2. The van der Waals surface area contributed by atoms with E-state index in [4.69, 9.17) is 27.9 Å². The Labute approximate surface area is 201 Å². The third kappa shape index (κ3) is 5.39. The number of nitrogens with zero attached hydrogens (tertiary/aromatic N) is 1. The quantitative estimate of drug-likeness (QED) is 0.250. The smallest absolute Gasteiger partial charge is 0.276 e. The summed E-state index contributed by atoms with van der Waals surface area (Å²) in [6.07, 6.45) is 1.42. The summed E-state index contributed by atoms with van der Waals surface area (Å²) in [5, 5.41) is 15.7. The van der Waals surface area contributed by atoms with Crippen molar-refractivity contribution in [2.24, 2.45) is 5.10 Å². The zero-order valence-corrected chi connectivity index (χ0v) is 19.4. The van der Waals surface area contributed by atoms with Crippen molar-refractivity contribution in [3.05, 3.63) is 100 Å². The molecule has 0 heterocycles. The molecule has 0 atom stereocenters. The summed E-state index contributed by atoms with van der Waals surface area (Å²) >= 11 is 11.7. The number of halogens is 2. The van der Waals surface area contributed by atoms with Crippen LogP contribution in [-0.2, 0) is 16.6 Å². The second-order valence-corrected chi connectivity index (χ2v) is 9.58. The number of sulfonamides is 1. The minimum absolute atomic E-state index is 0.0676. The molecular weight excluding hydrogens is 483 g/mol. The Kier molecular flexibility index (Phi) is 6.74. The van der Waals surface area contributed by atoms with Crippen LogP contribution in [-0.4, -0.2) is 19.7 Å². The molecule has 0 fully saturated rings. The highest BCUT2D eigenvalue weighted by Gasteiger charge is 2.15. The zero-order valence-electron chi connectivity index (χ0n) is 17.1. The molecule has 0 radical (unpaired) electrons. The van der Waals surface area contributed by atoms with Crippen molar-refractivity contribution in [2.75, 3.05) is 0 Å². The number of rotatable bonds is 7. The molecule has 4 aromatic carbocycles. The Bertz CT molecular complexity index is 1440. The molecule has 9 heteroatoms. The molecule has 0 amide bonds. The maximum Gasteiger partial charge on any atom is 0.276 e. The molecule has 0 spiro atoms. The molecule has 2 N–H and O–H groups in total. The van der Waals surface area contributed by atoms with E-state index in [2.05, 4.69) is 9.93 Å². The summed E-state index contributed by atoms with van der Waals surface area (Å²) in [7, 11) is -3.95. The SMILES string of the molecule is O=S(=O)(N/N=C/c1ccc(OCc2ccc(Cl)cc2)c2ccccc12)c1ccc(O)c(Cl)c1. The van der Waals surface area contributed by atoms with E-state index in [9.17, 15) is 13.5 Å². The molecule has 168 valence electrons. The lowest BCUT2D eigenvalue weighted by molar-refractivity contribution is 0.310. The molecule has 0 bridgehead atoms. The van der Waals surface area contributed by atoms with E-state index in [0.29, 0.717) is 22.9 Å². The van der Waals surface area contributed by atoms with Crippen molar-refractivity contribution in [3.63, 3.8) is 0 Å². The van der Waals surface area contributed by atoms with Gasteiger partial charge in [-0.3, -0.25) is 0 Å². The number of phenolic OH excluding ortho intramolecular Hbond substituents is 1. The van der Waals surface area contributed by atoms with E-state index in [-0.39, 0.29) is 15.7 Å². The fraction of sp³-hybridized carbons (Fsp3) is 0.0417. The van der Waals surface area contributed by atoms with Gasteiger partial charge >= 0.3 is 0 Å². The monoisotopic (exact) mass is 500 g/mol. The van der Waals surface area contributed by atoms with E-state index < -0.39 is 10.0 Å². The summed E-state index contributed by atoms with van der Waals surface area (Å²) in [5.41, 5.74) is 1.69. The predicted molar refractivity (Wildman–Crippen MR) is 131 cm³/mol. The summed E-state index contributed by atoms with van der Waals surface area (Å²) in [6.45, 7) is 0.379. The molecule has 6 nitrogen and oxygen atoms in total. The lowest BCUT2D eigenvalue weighted by atomic mass is 10.0. The molecule has 0 aliphatic carbocycles. The second kappa shape index (κ2) is 9.70. The van der Waals surface area contributed by atoms with Gasteiger partial charge in [-0.05, 0) is 53.4 Å². The molecule has 0 aromatic heterocycles. The summed E-state index contributed by atoms with van der Waals surface area (Å²) < 4.78 is 30.9. The van der Waals surface area contributed by atoms with Gasteiger partial charge in [0, 0.05) is 16.0 Å². The molecule has 0 aliphatic heterocycles. The first-order valence-corrected chi connectivity index (χ1v) is 12.0. The van der Waals surface area contributed by atoms with Crippen LogP contribution in [0.3, 0.4) is 0 Å². The van der Waals surface area contributed by atoms with Crippen molar-refractivity contribution in [1.82, 2.24) is 4.83 Å². The van der Waals surface area contributed by atoms with Gasteiger partial charge in [0.1, 0.15) is 18.1 Å². The number of nitrogens with one attached hydrogen (secondary N) is 1. The van der Waals surface area contributed by atoms with Crippen LogP contribution in [0.15, 0.2) is 88.9 Å². The third-order valence-electron chi connectivity index (χ3n) is 4.83. The third-order valence-corrected chi connectivity index (χ3v) is 6.61. The molecule has 33 heavy (non-hydrogen) atoms. The number of benzene rings is 4. The molecular formula is C24H18Cl2N2O4S. The van der Waals surface area contributed by atoms with Gasteiger partial charge in [0.05, 0.1) is 16.1 Å². The minimum Gasteiger partial charge on any atom is -0.506 e. The Balaban J connectivity index is 1.54. The van der Waals surface area contributed by atoms with Crippen molar-refractivity contribution >= 4 is 50.2 Å². The molecule has 0 saturated carbocycles. The van der Waals surface area contributed by atoms with Crippen molar-refractivity contribution in [3.8, 4) is 11.5 Å². The predicted octanol–water partition coefficient (Wildman–Crippen LogP) is 5.74. The van der Waals surface area contributed by atoms with E-state index in [1.165, 1.54) is 18.3 Å². The molecule has 0 saturated heterocycles. The average molecular weight is 501 g/mol. The molecule has 0 aliphatic rings. The number of aromatic hydroxyl groups is 1. The van der Waals surface area contributed by atoms with Gasteiger partial charge in [-0.25, -0.2) is 4.83 Å². The van der Waals surface area contributed by atoms with Gasteiger partial charge in [0.2, 0.25) is 0 Å². The van der Waals surface area contributed by atoms with E-state index >= 15 is 0 Å². The summed E-state index contributed by atoms with van der Waals surface area (Å²) in [5.74, 6) is 0.487. The highest BCUT2D eigenvalue weighted by atomic mass is 35.5. The van der Waals surface area contributed by atoms with Crippen molar-refractivity contribution < 1.29 is 18.3 Å². The molecule has 0 unspecified atom stereocenters. The largest absolute Gasteiger partial charge is 0.506 e. The standard InChI is InChI=1S/C24H18Cl2N2O4S/c25-18-8-5-16(6-9-18)15-32-24-12-7-17(20-3-1-2-4-21(20)24)14-27-28-33(30,31)19-10-11-23(29)22(26)13-19/h1-14,28-29H,15H2/b27-14+. The number of hydrogen-bond acceptors (Lipinski definition) is 5. The van der Waals surface area contributed by atoms with Gasteiger partial charge in [-0.15, -0.1) is 0 Å². The first-order valence-electron chi connectivity index (χ1n) is 9.76. The number of ether oxygens (including phenoxy) is 1. The lowest BCUT2D eigenvalue weighted by Crippen LogP contribution is -2.18. The van der Waals surface area contributed by atoms with Crippen LogP contribution in [0.25, 0.3) is 10.8 Å². The first-order chi connectivity index (χ1) is 15.8. The Morgan fingerprint density at radius 3 is 2.39 bits per heavy atom. The summed E-state index contributed by atoms with van der Waals surface area (Å²) in [6, 6.07) is 22.2. The van der Waals surface area contributed by atoms with Crippen LogP contribution in [0.2, 0.25) is 10.0 Å². The Morgan fingerprint density at radius 1 is 0.939 bits per heavy atom. The maximum atomic E-state index is 12.5. The van der Waals surface area contributed by atoms with Crippen LogP contribution >= 0.6 is 23.2 Å². The minimum atomic E-state index is -3.95. The normalized spacial score (nSPS) is 11.7. The topological polar surface area (TPSA) is 88.0 Å². The molecule has 4 aromatic rings. The number of fused-ring (bicyclic) bond motifs is 1. The second-order valence-electron chi connectivity index (χ2n) is 7.08. The fourth-order valence-electron chi connectivity index (χ4n) is 3.15. The zero-order chi connectivity index (χ0) is 23.4. The van der Waals surface area contributed by atoms with Crippen LogP contribution in [0, 0.1) is 0 Å². The first kappa shape index (κ1) is 22.9. The van der Waals surface area contributed by atoms with Crippen molar-refractivity contribution in [1.29, 1.82) is 0 Å². The fourth-order valence-corrected chi connectivity index (χ4v) is 4.34. The van der Waals surface area contributed by atoms with Gasteiger partial charge in [-0.1, -0.05) is 59.6 Å². The summed E-state index contributed by atoms with van der Waals surface area (Å²) in [4.78, 5) is 2.05. The van der Waals surface area contributed by atoms with Crippen LogP contribution in [0.1, 0.15) is 11.1 Å². The van der Waals surface area contributed by atoms with Crippen LogP contribution < -0.4 is 9.57 Å². The van der Waals surface area contributed by atoms with E-state index in [1.807, 2.05) is 54.6 Å². The van der Waals surface area contributed by atoms with E-state index in [0.717, 1.165) is 22.4 Å². The van der Waals surface area contributed by atoms with Crippen molar-refractivity contribution in [2.45, 2.75) is 11.5 Å². The van der Waals surface area contributed by atoms with Gasteiger partial charge in [0.15, 0.2) is 0 Å². The molecule has 4 rings (SSSR count). The van der Waals surface area contributed by atoms with Gasteiger partial charge < -0.3 is 9.84 Å². The average Bonchev–Trinajstić information content (AvgIpc) is 2.81. The van der Waals surface area contributed by atoms with Crippen LogP contribution in [0.5, 0.6) is 11.5 Å². The highest BCUT2D eigenvalue weighted by molar-refractivity contribution is 7.89.